The number of nitrogens with one attached hydrogen (secondary N) is 2. The lowest BCUT2D eigenvalue weighted by atomic mass is 10.1. The van der Waals surface area contributed by atoms with Gasteiger partial charge in [0.2, 0.25) is 5.91 Å². The molecule has 2 rings (SSSR count). The smallest absolute Gasteiger partial charge is 0.234 e. The minimum atomic E-state index is -0.0256. The van der Waals surface area contributed by atoms with Crippen molar-refractivity contribution in [2.45, 2.75) is 12.8 Å². The van der Waals surface area contributed by atoms with E-state index >= 15 is 0 Å². The number of fused-ring (bicyclic) bond motifs is 1. The molecule has 0 radical (unpaired) electrons. The number of ether oxygens (including phenoxy) is 2. The first-order valence-electron chi connectivity index (χ1n) is 5.63. The van der Waals surface area contributed by atoms with Crippen molar-refractivity contribution in [2.24, 2.45) is 0 Å². The predicted octanol–water partition coefficient (Wildman–Crippen LogP) is 0.641. The molecule has 1 aliphatic heterocycles. The van der Waals surface area contributed by atoms with Crippen LogP contribution in [0.15, 0.2) is 18.2 Å². The van der Waals surface area contributed by atoms with Gasteiger partial charge in [-0.15, -0.1) is 0 Å². The number of rotatable bonds is 4. The fourth-order valence-corrected chi connectivity index (χ4v) is 1.70. The van der Waals surface area contributed by atoms with Crippen LogP contribution in [0.2, 0.25) is 0 Å². The van der Waals surface area contributed by atoms with Crippen LogP contribution in [0.5, 0.6) is 11.5 Å². The van der Waals surface area contributed by atoms with Crippen LogP contribution in [0.1, 0.15) is 12.0 Å². The lowest BCUT2D eigenvalue weighted by Gasteiger charge is -2.18. The molecule has 0 atom stereocenters. The quantitative estimate of drug-likeness (QED) is 0.753. The monoisotopic (exact) mass is 236 g/mol. The number of carbonyl (C=O) groups excluding carboxylic acids is 1. The third kappa shape index (κ3) is 3.10. The number of carbonyl (C=O) groups is 1. The summed E-state index contributed by atoms with van der Waals surface area (Å²) in [4.78, 5) is 11.3. The molecule has 0 unspecified atom stereocenters. The van der Waals surface area contributed by atoms with Gasteiger partial charge in [-0.2, -0.15) is 0 Å². The van der Waals surface area contributed by atoms with Gasteiger partial charge < -0.3 is 9.47 Å². The Morgan fingerprint density at radius 3 is 2.82 bits per heavy atom. The van der Waals surface area contributed by atoms with Gasteiger partial charge in [-0.25, -0.2) is 5.43 Å². The van der Waals surface area contributed by atoms with Crippen LogP contribution in [0.25, 0.3) is 0 Å². The summed E-state index contributed by atoms with van der Waals surface area (Å²) in [5, 5.41) is 0. The Morgan fingerprint density at radius 1 is 1.29 bits per heavy atom. The van der Waals surface area contributed by atoms with Crippen molar-refractivity contribution in [3.63, 3.8) is 0 Å². The molecule has 0 saturated heterocycles. The summed E-state index contributed by atoms with van der Waals surface area (Å²) in [7, 11) is 1.67. The Balaban J connectivity index is 1.95. The average Bonchev–Trinajstić information content (AvgIpc) is 2.36. The normalized spacial score (nSPS) is 13.2. The Bertz CT molecular complexity index is 407. The van der Waals surface area contributed by atoms with Crippen molar-refractivity contribution in [2.75, 3.05) is 20.3 Å². The predicted molar refractivity (Wildman–Crippen MR) is 63.0 cm³/mol. The molecule has 0 saturated carbocycles. The molecule has 0 aliphatic carbocycles. The fraction of sp³-hybridized carbons (Fsp3) is 0.417. The molecular formula is C12H16N2O3. The van der Waals surface area contributed by atoms with Crippen molar-refractivity contribution in [3.05, 3.63) is 23.8 Å². The van der Waals surface area contributed by atoms with Crippen LogP contribution in [0.4, 0.5) is 0 Å². The molecule has 2 N–H and O–H groups in total. The van der Waals surface area contributed by atoms with Gasteiger partial charge in [0.25, 0.3) is 0 Å². The van der Waals surface area contributed by atoms with E-state index in [4.69, 9.17) is 9.47 Å². The van der Waals surface area contributed by atoms with E-state index in [1.54, 1.807) is 7.05 Å². The molecule has 0 aromatic heterocycles. The lowest BCUT2D eigenvalue weighted by molar-refractivity contribution is -0.121. The van der Waals surface area contributed by atoms with Gasteiger partial charge in [-0.1, -0.05) is 6.07 Å². The van der Waals surface area contributed by atoms with Gasteiger partial charge in [0, 0.05) is 13.5 Å². The van der Waals surface area contributed by atoms with E-state index in [1.165, 1.54) is 0 Å². The molecule has 0 fully saturated rings. The second-order valence-electron chi connectivity index (χ2n) is 3.78. The molecule has 0 bridgehead atoms. The van der Waals surface area contributed by atoms with Gasteiger partial charge in [-0.3, -0.25) is 10.2 Å². The highest BCUT2D eigenvalue weighted by atomic mass is 16.6. The molecular weight excluding hydrogens is 220 g/mol. The summed E-state index contributed by atoms with van der Waals surface area (Å²) in [6.45, 7) is 1.17. The molecule has 1 aliphatic rings. The molecule has 5 heteroatoms. The topological polar surface area (TPSA) is 59.6 Å². The standard InChI is InChI=1S/C12H16N2O3/c1-13-14-12(15)5-3-9-2-4-10-11(8-9)17-7-6-16-10/h2,4,8,13H,3,5-7H2,1H3,(H,14,15). The second kappa shape index (κ2) is 5.54. The van der Waals surface area contributed by atoms with E-state index in [0.29, 0.717) is 26.1 Å². The van der Waals surface area contributed by atoms with Gasteiger partial charge >= 0.3 is 0 Å². The van der Waals surface area contributed by atoms with Gasteiger partial charge in [0.15, 0.2) is 11.5 Å². The summed E-state index contributed by atoms with van der Waals surface area (Å²) in [5.41, 5.74) is 6.21. The Morgan fingerprint density at radius 2 is 2.06 bits per heavy atom. The maximum atomic E-state index is 11.3. The zero-order valence-electron chi connectivity index (χ0n) is 9.79. The fourth-order valence-electron chi connectivity index (χ4n) is 1.70. The van der Waals surface area contributed by atoms with Gasteiger partial charge in [0.05, 0.1) is 0 Å². The van der Waals surface area contributed by atoms with Crippen LogP contribution in [-0.2, 0) is 11.2 Å². The second-order valence-corrected chi connectivity index (χ2v) is 3.78. The largest absolute Gasteiger partial charge is 0.486 e. The van der Waals surface area contributed by atoms with Crippen molar-refractivity contribution < 1.29 is 14.3 Å². The average molecular weight is 236 g/mol. The number of hydrogen-bond donors (Lipinski definition) is 2. The third-order valence-electron chi connectivity index (χ3n) is 2.51. The first-order valence-corrected chi connectivity index (χ1v) is 5.63. The van der Waals surface area contributed by atoms with Crippen molar-refractivity contribution in [1.29, 1.82) is 0 Å². The molecule has 5 nitrogen and oxygen atoms in total. The van der Waals surface area contributed by atoms with Crippen LogP contribution in [-0.4, -0.2) is 26.2 Å². The summed E-state index contributed by atoms with van der Waals surface area (Å²) < 4.78 is 10.9. The van der Waals surface area contributed by atoms with E-state index in [1.807, 2.05) is 18.2 Å². The van der Waals surface area contributed by atoms with Crippen molar-refractivity contribution >= 4 is 5.91 Å². The maximum Gasteiger partial charge on any atom is 0.234 e. The highest BCUT2D eigenvalue weighted by Crippen LogP contribution is 2.30. The highest BCUT2D eigenvalue weighted by Gasteiger charge is 2.11. The Labute approximate surface area is 100 Å². The minimum absolute atomic E-state index is 0.0256. The van der Waals surface area contributed by atoms with Crippen LogP contribution in [0.3, 0.4) is 0 Å². The van der Waals surface area contributed by atoms with Gasteiger partial charge in [-0.05, 0) is 24.1 Å². The zero-order valence-corrected chi connectivity index (χ0v) is 9.79. The first kappa shape index (κ1) is 11.7. The minimum Gasteiger partial charge on any atom is -0.486 e. The molecule has 1 heterocycles. The van der Waals surface area contributed by atoms with Crippen LogP contribution >= 0.6 is 0 Å². The summed E-state index contributed by atoms with van der Waals surface area (Å²) in [6.07, 6.45) is 1.13. The van der Waals surface area contributed by atoms with Crippen molar-refractivity contribution in [3.8, 4) is 11.5 Å². The van der Waals surface area contributed by atoms with Crippen LogP contribution < -0.4 is 20.3 Å². The lowest BCUT2D eigenvalue weighted by Crippen LogP contribution is -2.34. The molecule has 1 aromatic carbocycles. The Hall–Kier alpha value is -1.75. The van der Waals surface area contributed by atoms with E-state index in [9.17, 15) is 4.79 Å². The zero-order chi connectivity index (χ0) is 12.1. The first-order chi connectivity index (χ1) is 8.29. The maximum absolute atomic E-state index is 11.3. The summed E-state index contributed by atoms with van der Waals surface area (Å²) >= 11 is 0. The SMILES string of the molecule is CNNC(=O)CCc1ccc2c(c1)OCCO2. The number of hydrazine groups is 1. The molecule has 17 heavy (non-hydrogen) atoms. The van der Waals surface area contributed by atoms with E-state index in [0.717, 1.165) is 17.1 Å². The number of benzene rings is 1. The summed E-state index contributed by atoms with van der Waals surface area (Å²) in [6, 6.07) is 5.78. The number of amides is 1. The Kier molecular flexibility index (Phi) is 3.82. The number of hydrogen-bond acceptors (Lipinski definition) is 4. The summed E-state index contributed by atoms with van der Waals surface area (Å²) in [5.74, 6) is 1.52. The van der Waals surface area contributed by atoms with Crippen LogP contribution in [0, 0.1) is 0 Å². The van der Waals surface area contributed by atoms with Gasteiger partial charge in [0.1, 0.15) is 13.2 Å². The van der Waals surface area contributed by atoms with E-state index < -0.39 is 0 Å². The van der Waals surface area contributed by atoms with E-state index in [-0.39, 0.29) is 5.91 Å². The molecule has 92 valence electrons. The van der Waals surface area contributed by atoms with Crippen molar-refractivity contribution in [1.82, 2.24) is 10.9 Å². The third-order valence-corrected chi connectivity index (χ3v) is 2.51. The number of aryl methyl sites for hydroxylation is 1. The molecule has 1 aromatic rings. The molecule has 1 amide bonds. The van der Waals surface area contributed by atoms with E-state index in [2.05, 4.69) is 10.9 Å². The molecule has 0 spiro atoms. The highest BCUT2D eigenvalue weighted by molar-refractivity contribution is 5.75.